The van der Waals surface area contributed by atoms with Crippen LogP contribution in [0, 0.1) is 0 Å². The van der Waals surface area contributed by atoms with Crippen molar-refractivity contribution in [3.05, 3.63) is 0 Å². The number of rotatable bonds is 9. The van der Waals surface area contributed by atoms with Crippen LogP contribution < -0.4 is 16.0 Å². The van der Waals surface area contributed by atoms with Gasteiger partial charge in [0, 0.05) is 58.7 Å². The first-order valence-corrected chi connectivity index (χ1v) is 7.69. The molecular formula is C14H28N4O2. The van der Waals surface area contributed by atoms with Crippen LogP contribution in [-0.2, 0) is 9.59 Å². The molecule has 0 saturated carbocycles. The number of hydrogen-bond acceptors (Lipinski definition) is 4. The van der Waals surface area contributed by atoms with Gasteiger partial charge >= 0.3 is 0 Å². The number of hydrogen-bond donors (Lipinski definition) is 3. The van der Waals surface area contributed by atoms with Crippen molar-refractivity contribution in [2.75, 3.05) is 45.8 Å². The van der Waals surface area contributed by atoms with E-state index in [-0.39, 0.29) is 11.8 Å². The molecule has 6 heteroatoms. The summed E-state index contributed by atoms with van der Waals surface area (Å²) in [5.74, 6) is 0.0869. The Hall–Kier alpha value is -1.14. The van der Waals surface area contributed by atoms with Crippen LogP contribution in [-0.4, -0.2) is 62.5 Å². The first-order chi connectivity index (χ1) is 9.72. The van der Waals surface area contributed by atoms with Crippen LogP contribution in [0.5, 0.6) is 0 Å². The first-order valence-electron chi connectivity index (χ1n) is 7.69. The minimum absolute atomic E-state index is 0.0421. The van der Waals surface area contributed by atoms with Crippen molar-refractivity contribution < 1.29 is 9.59 Å². The van der Waals surface area contributed by atoms with Crippen LogP contribution in [0.4, 0.5) is 0 Å². The van der Waals surface area contributed by atoms with Crippen LogP contribution in [0.3, 0.4) is 0 Å². The highest BCUT2D eigenvalue weighted by molar-refractivity contribution is 5.78. The van der Waals surface area contributed by atoms with E-state index < -0.39 is 0 Å². The molecule has 1 heterocycles. The number of nitrogens with one attached hydrogen (secondary N) is 3. The lowest BCUT2D eigenvalue weighted by Gasteiger charge is -2.27. The van der Waals surface area contributed by atoms with E-state index in [9.17, 15) is 9.59 Å². The fraction of sp³-hybridized carbons (Fsp3) is 0.857. The van der Waals surface area contributed by atoms with E-state index in [1.807, 2.05) is 6.92 Å². The zero-order valence-corrected chi connectivity index (χ0v) is 12.5. The normalized spacial score (nSPS) is 15.8. The zero-order valence-electron chi connectivity index (χ0n) is 12.5. The van der Waals surface area contributed by atoms with Crippen LogP contribution in [0.15, 0.2) is 0 Å². The molecule has 0 unspecified atom stereocenters. The summed E-state index contributed by atoms with van der Waals surface area (Å²) in [6.07, 6.45) is 2.43. The summed E-state index contributed by atoms with van der Waals surface area (Å²) in [6, 6.07) is 0. The quantitative estimate of drug-likeness (QED) is 0.544. The number of amides is 2. The summed E-state index contributed by atoms with van der Waals surface area (Å²) in [4.78, 5) is 25.3. The van der Waals surface area contributed by atoms with Gasteiger partial charge in [-0.2, -0.15) is 0 Å². The molecule has 1 rings (SSSR count). The molecule has 0 bridgehead atoms. The Bertz CT molecular complexity index is 291. The van der Waals surface area contributed by atoms with Gasteiger partial charge in [-0.15, -0.1) is 0 Å². The maximum atomic E-state index is 11.6. The van der Waals surface area contributed by atoms with Gasteiger partial charge in [0.25, 0.3) is 0 Å². The highest BCUT2D eigenvalue weighted by Crippen LogP contribution is 1.96. The number of piperazine rings is 1. The number of nitrogens with zero attached hydrogens (tertiary/aromatic N) is 1. The summed E-state index contributed by atoms with van der Waals surface area (Å²) >= 11 is 0. The van der Waals surface area contributed by atoms with Crippen LogP contribution in [0.2, 0.25) is 0 Å². The fourth-order valence-electron chi connectivity index (χ4n) is 2.14. The van der Waals surface area contributed by atoms with Crippen LogP contribution in [0.1, 0.15) is 32.6 Å². The number of carbonyl (C=O) groups is 2. The Labute approximate surface area is 121 Å². The second-order valence-corrected chi connectivity index (χ2v) is 5.15. The van der Waals surface area contributed by atoms with Gasteiger partial charge in [-0.05, 0) is 12.8 Å². The third-order valence-electron chi connectivity index (χ3n) is 3.34. The molecule has 3 N–H and O–H groups in total. The average molecular weight is 284 g/mol. The van der Waals surface area contributed by atoms with E-state index in [1.54, 1.807) is 0 Å². The molecule has 0 aromatic heterocycles. The van der Waals surface area contributed by atoms with E-state index in [0.29, 0.717) is 25.8 Å². The third kappa shape index (κ3) is 8.12. The summed E-state index contributed by atoms with van der Waals surface area (Å²) in [7, 11) is 0. The second-order valence-electron chi connectivity index (χ2n) is 5.15. The standard InChI is InChI=1S/C14H28N4O2/c1-2-6-16-13(19)4-3-5-14(20)17-9-12-18-10-7-15-8-11-18/h15H,2-12H2,1H3,(H,16,19)(H,17,20). The summed E-state index contributed by atoms with van der Waals surface area (Å²) < 4.78 is 0. The van der Waals surface area contributed by atoms with Crippen molar-refractivity contribution in [2.24, 2.45) is 0 Å². The molecule has 0 aliphatic carbocycles. The average Bonchev–Trinajstić information content (AvgIpc) is 2.46. The molecule has 1 saturated heterocycles. The van der Waals surface area contributed by atoms with Crippen molar-refractivity contribution >= 4 is 11.8 Å². The Morgan fingerprint density at radius 1 is 1.05 bits per heavy atom. The largest absolute Gasteiger partial charge is 0.356 e. The predicted molar refractivity (Wildman–Crippen MR) is 79.5 cm³/mol. The Kier molecular flexibility index (Phi) is 8.98. The van der Waals surface area contributed by atoms with E-state index in [1.165, 1.54) is 0 Å². The molecule has 0 spiro atoms. The zero-order chi connectivity index (χ0) is 14.6. The van der Waals surface area contributed by atoms with Gasteiger partial charge in [0.05, 0.1) is 0 Å². The van der Waals surface area contributed by atoms with Gasteiger partial charge < -0.3 is 16.0 Å². The lowest BCUT2D eigenvalue weighted by atomic mass is 10.2. The van der Waals surface area contributed by atoms with Crippen molar-refractivity contribution in [1.29, 1.82) is 0 Å². The maximum absolute atomic E-state index is 11.6. The molecule has 116 valence electrons. The Balaban J connectivity index is 1.95. The fourth-order valence-corrected chi connectivity index (χ4v) is 2.14. The second kappa shape index (κ2) is 10.6. The topological polar surface area (TPSA) is 73.5 Å². The summed E-state index contributed by atoms with van der Waals surface area (Å²) in [6.45, 7) is 8.50. The molecule has 2 amide bonds. The highest BCUT2D eigenvalue weighted by atomic mass is 16.2. The van der Waals surface area contributed by atoms with Crippen molar-refractivity contribution in [3.8, 4) is 0 Å². The van der Waals surface area contributed by atoms with Crippen molar-refractivity contribution in [1.82, 2.24) is 20.9 Å². The lowest BCUT2D eigenvalue weighted by molar-refractivity contribution is -0.122. The Morgan fingerprint density at radius 3 is 2.25 bits per heavy atom. The molecule has 6 nitrogen and oxygen atoms in total. The molecule has 0 radical (unpaired) electrons. The van der Waals surface area contributed by atoms with Gasteiger partial charge in [0.1, 0.15) is 0 Å². The molecule has 1 fully saturated rings. The molecule has 1 aliphatic heterocycles. The van der Waals surface area contributed by atoms with E-state index in [0.717, 1.165) is 45.7 Å². The van der Waals surface area contributed by atoms with E-state index in [4.69, 9.17) is 0 Å². The Morgan fingerprint density at radius 2 is 1.65 bits per heavy atom. The van der Waals surface area contributed by atoms with Crippen molar-refractivity contribution in [2.45, 2.75) is 32.6 Å². The van der Waals surface area contributed by atoms with Gasteiger partial charge in [-0.1, -0.05) is 6.92 Å². The molecule has 20 heavy (non-hydrogen) atoms. The molecule has 1 aliphatic rings. The monoisotopic (exact) mass is 284 g/mol. The maximum Gasteiger partial charge on any atom is 0.220 e. The minimum atomic E-state index is 0.0421. The molecular weight excluding hydrogens is 256 g/mol. The summed E-state index contributed by atoms with van der Waals surface area (Å²) in [5, 5.41) is 9.02. The van der Waals surface area contributed by atoms with E-state index in [2.05, 4.69) is 20.9 Å². The van der Waals surface area contributed by atoms with Gasteiger partial charge in [0.2, 0.25) is 11.8 Å². The SMILES string of the molecule is CCCNC(=O)CCCC(=O)NCCN1CCNCC1. The first kappa shape index (κ1) is 16.9. The predicted octanol–water partition coefficient (Wildman–Crippen LogP) is -0.296. The molecule has 0 aromatic rings. The van der Waals surface area contributed by atoms with Gasteiger partial charge in [-0.25, -0.2) is 0 Å². The van der Waals surface area contributed by atoms with Crippen LogP contribution >= 0.6 is 0 Å². The van der Waals surface area contributed by atoms with Gasteiger partial charge in [0.15, 0.2) is 0 Å². The summed E-state index contributed by atoms with van der Waals surface area (Å²) in [5.41, 5.74) is 0. The van der Waals surface area contributed by atoms with E-state index >= 15 is 0 Å². The molecule has 0 aromatic carbocycles. The smallest absolute Gasteiger partial charge is 0.220 e. The third-order valence-corrected chi connectivity index (χ3v) is 3.34. The van der Waals surface area contributed by atoms with Crippen molar-refractivity contribution in [3.63, 3.8) is 0 Å². The number of carbonyl (C=O) groups excluding carboxylic acids is 2. The highest BCUT2D eigenvalue weighted by Gasteiger charge is 2.09. The molecule has 0 atom stereocenters. The minimum Gasteiger partial charge on any atom is -0.356 e. The van der Waals surface area contributed by atoms with Crippen LogP contribution in [0.25, 0.3) is 0 Å². The lowest BCUT2D eigenvalue weighted by Crippen LogP contribution is -2.46. The van der Waals surface area contributed by atoms with Gasteiger partial charge in [-0.3, -0.25) is 14.5 Å².